The minimum atomic E-state index is -0.388. The number of amides is 2. The minimum Gasteiger partial charge on any atom is -0.347 e. The second-order valence-corrected chi connectivity index (χ2v) is 7.28. The Bertz CT molecular complexity index is 854. The molecule has 1 saturated heterocycles. The molecule has 3 rings (SSSR count). The average molecular weight is 404 g/mol. The van der Waals surface area contributed by atoms with Crippen LogP contribution in [0.15, 0.2) is 48.5 Å². The first-order valence-corrected chi connectivity index (χ1v) is 9.72. The quantitative estimate of drug-likeness (QED) is 0.479. The summed E-state index contributed by atoms with van der Waals surface area (Å²) in [6.45, 7) is 3.90. The first kappa shape index (κ1) is 20.9. The summed E-state index contributed by atoms with van der Waals surface area (Å²) in [5.41, 5.74) is 0.916. The highest BCUT2D eigenvalue weighted by Crippen LogP contribution is 2.08. The normalized spacial score (nSPS) is 18.8. The van der Waals surface area contributed by atoms with Crippen molar-refractivity contribution in [2.45, 2.75) is 6.54 Å². The van der Waals surface area contributed by atoms with Crippen LogP contribution in [0.3, 0.4) is 0 Å². The summed E-state index contributed by atoms with van der Waals surface area (Å²) < 4.78 is 26.8. The summed E-state index contributed by atoms with van der Waals surface area (Å²) in [5.74, 6) is -0.984. The number of rotatable bonds is 7. The van der Waals surface area contributed by atoms with Crippen LogP contribution in [0, 0.1) is 11.6 Å². The number of halogens is 2. The van der Waals surface area contributed by atoms with E-state index in [0.29, 0.717) is 24.3 Å². The second kappa shape index (κ2) is 10.1. The average Bonchev–Trinajstić information content (AvgIpc) is 2.69. The standard InChI is InChI=1S/C21H24F2N4O2/c22-17-5-3-6-18(12-17)25-21(29)15-27-10-8-26(9-11-27)14-20(28)24-13-16-4-1-2-7-19(16)23/h1-7,12H,8-11,13-15H2,(H,24,28)(H,25,29)/p+2. The van der Waals surface area contributed by atoms with Crippen LogP contribution in [0.1, 0.15) is 5.56 Å². The van der Waals surface area contributed by atoms with Crippen LogP contribution in [-0.4, -0.2) is 51.1 Å². The summed E-state index contributed by atoms with van der Waals surface area (Å²) in [7, 11) is 0. The Hall–Kier alpha value is -2.84. The second-order valence-electron chi connectivity index (χ2n) is 7.28. The molecule has 0 aliphatic carbocycles. The molecule has 2 aromatic carbocycles. The Labute approximate surface area is 168 Å². The third-order valence-electron chi connectivity index (χ3n) is 5.03. The SMILES string of the molecule is O=C(C[NH+]1CC[NH+](CC(=O)Nc2cccc(F)c2)CC1)NCc1ccccc1F. The van der Waals surface area contributed by atoms with Gasteiger partial charge in [-0.1, -0.05) is 24.3 Å². The molecule has 0 spiro atoms. The predicted octanol–water partition coefficient (Wildman–Crippen LogP) is -0.997. The van der Waals surface area contributed by atoms with Crippen LogP contribution < -0.4 is 20.4 Å². The number of piperazine rings is 1. The van der Waals surface area contributed by atoms with E-state index in [1.807, 2.05) is 0 Å². The fraction of sp³-hybridized carbons (Fsp3) is 0.333. The number of carbonyl (C=O) groups is 2. The van der Waals surface area contributed by atoms with E-state index in [0.717, 1.165) is 36.0 Å². The van der Waals surface area contributed by atoms with Gasteiger partial charge in [0.15, 0.2) is 13.1 Å². The van der Waals surface area contributed by atoms with Crippen molar-refractivity contribution < 1.29 is 28.2 Å². The number of benzene rings is 2. The number of hydrogen-bond donors (Lipinski definition) is 4. The number of hydrogen-bond acceptors (Lipinski definition) is 2. The Morgan fingerprint density at radius 1 is 0.862 bits per heavy atom. The highest BCUT2D eigenvalue weighted by Gasteiger charge is 2.26. The summed E-state index contributed by atoms with van der Waals surface area (Å²) in [6.07, 6.45) is 0. The zero-order valence-electron chi connectivity index (χ0n) is 16.1. The van der Waals surface area contributed by atoms with Crippen molar-refractivity contribution >= 4 is 17.5 Å². The summed E-state index contributed by atoms with van der Waals surface area (Å²) in [5, 5.41) is 5.47. The summed E-state index contributed by atoms with van der Waals surface area (Å²) >= 11 is 0. The van der Waals surface area contributed by atoms with Crippen LogP contribution >= 0.6 is 0 Å². The Morgan fingerprint density at radius 2 is 1.52 bits per heavy atom. The maximum atomic E-state index is 13.6. The van der Waals surface area contributed by atoms with Gasteiger partial charge in [-0.15, -0.1) is 0 Å². The lowest BCUT2D eigenvalue weighted by atomic mass is 10.2. The lowest BCUT2D eigenvalue weighted by Crippen LogP contribution is -3.28. The van der Waals surface area contributed by atoms with Gasteiger partial charge in [0.2, 0.25) is 0 Å². The monoisotopic (exact) mass is 404 g/mol. The number of anilines is 1. The molecule has 29 heavy (non-hydrogen) atoms. The molecule has 0 bridgehead atoms. The van der Waals surface area contributed by atoms with Crippen LogP contribution in [0.2, 0.25) is 0 Å². The van der Waals surface area contributed by atoms with E-state index in [4.69, 9.17) is 0 Å². The van der Waals surface area contributed by atoms with Gasteiger partial charge in [0, 0.05) is 17.8 Å². The molecule has 0 aromatic heterocycles. The molecule has 1 aliphatic heterocycles. The van der Waals surface area contributed by atoms with Gasteiger partial charge in [-0.25, -0.2) is 8.78 Å². The van der Waals surface area contributed by atoms with Gasteiger partial charge in [-0.2, -0.15) is 0 Å². The lowest BCUT2D eigenvalue weighted by Gasteiger charge is -2.29. The fourth-order valence-electron chi connectivity index (χ4n) is 3.43. The first-order valence-electron chi connectivity index (χ1n) is 9.72. The van der Waals surface area contributed by atoms with E-state index in [1.165, 1.54) is 18.2 Å². The Morgan fingerprint density at radius 3 is 2.17 bits per heavy atom. The predicted molar refractivity (Wildman–Crippen MR) is 104 cm³/mol. The lowest BCUT2D eigenvalue weighted by molar-refractivity contribution is -1.00. The number of carbonyl (C=O) groups excluding carboxylic acids is 2. The van der Waals surface area contributed by atoms with Gasteiger partial charge >= 0.3 is 0 Å². The molecule has 1 fully saturated rings. The van der Waals surface area contributed by atoms with Crippen LogP contribution in [0.25, 0.3) is 0 Å². The van der Waals surface area contributed by atoms with E-state index in [2.05, 4.69) is 10.6 Å². The molecule has 2 amide bonds. The maximum absolute atomic E-state index is 13.6. The first-order chi connectivity index (χ1) is 14.0. The van der Waals surface area contributed by atoms with Gasteiger partial charge in [0.05, 0.1) is 0 Å². The van der Waals surface area contributed by atoms with Crippen molar-refractivity contribution in [1.82, 2.24) is 5.32 Å². The van der Waals surface area contributed by atoms with Gasteiger partial charge in [0.25, 0.3) is 11.8 Å². The number of quaternary nitrogens is 2. The molecular formula is C21H26F2N4O2+2. The summed E-state index contributed by atoms with van der Waals surface area (Å²) in [4.78, 5) is 26.6. The van der Waals surface area contributed by atoms with E-state index in [9.17, 15) is 18.4 Å². The maximum Gasteiger partial charge on any atom is 0.279 e. The topological polar surface area (TPSA) is 67.1 Å². The Balaban J connectivity index is 1.36. The van der Waals surface area contributed by atoms with E-state index in [1.54, 1.807) is 30.3 Å². The van der Waals surface area contributed by atoms with Gasteiger partial charge in [-0.3, -0.25) is 9.59 Å². The van der Waals surface area contributed by atoms with Crippen molar-refractivity contribution in [2.24, 2.45) is 0 Å². The summed E-state index contributed by atoms with van der Waals surface area (Å²) in [6, 6.07) is 12.2. The van der Waals surface area contributed by atoms with Crippen LogP contribution in [0.4, 0.5) is 14.5 Å². The van der Waals surface area contributed by atoms with E-state index in [-0.39, 0.29) is 30.0 Å². The Kier molecular flexibility index (Phi) is 7.26. The molecule has 4 N–H and O–H groups in total. The minimum absolute atomic E-state index is 0.115. The van der Waals surface area contributed by atoms with Crippen molar-refractivity contribution in [3.05, 3.63) is 65.7 Å². The van der Waals surface area contributed by atoms with Crippen molar-refractivity contribution in [2.75, 3.05) is 44.6 Å². The van der Waals surface area contributed by atoms with Gasteiger partial charge in [-0.05, 0) is 24.3 Å². The van der Waals surface area contributed by atoms with Crippen molar-refractivity contribution in [3.8, 4) is 0 Å². The molecule has 0 unspecified atom stereocenters. The number of nitrogens with one attached hydrogen (secondary N) is 4. The highest BCUT2D eigenvalue weighted by molar-refractivity contribution is 5.91. The molecule has 0 radical (unpaired) electrons. The molecule has 6 nitrogen and oxygen atoms in total. The zero-order valence-corrected chi connectivity index (χ0v) is 16.1. The molecule has 0 atom stereocenters. The fourth-order valence-corrected chi connectivity index (χ4v) is 3.43. The van der Waals surface area contributed by atoms with Crippen molar-refractivity contribution in [3.63, 3.8) is 0 Å². The third kappa shape index (κ3) is 6.62. The zero-order chi connectivity index (χ0) is 20.6. The molecule has 154 valence electrons. The van der Waals surface area contributed by atoms with E-state index < -0.39 is 0 Å². The van der Waals surface area contributed by atoms with Crippen LogP contribution in [-0.2, 0) is 16.1 Å². The third-order valence-corrected chi connectivity index (χ3v) is 5.03. The van der Waals surface area contributed by atoms with Crippen LogP contribution in [0.5, 0.6) is 0 Å². The molecule has 1 aliphatic rings. The molecule has 1 heterocycles. The highest BCUT2D eigenvalue weighted by atomic mass is 19.1. The smallest absolute Gasteiger partial charge is 0.279 e. The van der Waals surface area contributed by atoms with Crippen molar-refractivity contribution in [1.29, 1.82) is 0 Å². The van der Waals surface area contributed by atoms with Gasteiger partial charge < -0.3 is 20.4 Å². The molecule has 2 aromatic rings. The van der Waals surface area contributed by atoms with E-state index >= 15 is 0 Å². The van der Waals surface area contributed by atoms with Gasteiger partial charge in [0.1, 0.15) is 37.8 Å². The molecule has 8 heteroatoms. The largest absolute Gasteiger partial charge is 0.347 e. The molecule has 0 saturated carbocycles. The molecular weight excluding hydrogens is 378 g/mol.